The Kier molecular flexibility index (Phi) is 3.28. The van der Waals surface area contributed by atoms with Crippen LogP contribution in [0.15, 0.2) is 17.0 Å². The third kappa shape index (κ3) is 2.71. The van der Waals surface area contributed by atoms with Crippen molar-refractivity contribution in [2.45, 2.75) is 12.8 Å². The number of aromatic nitrogens is 1. The first-order valence-electron chi connectivity index (χ1n) is 3.63. The van der Waals surface area contributed by atoms with Crippen LogP contribution in [0.3, 0.4) is 0 Å². The summed E-state index contributed by atoms with van der Waals surface area (Å²) in [5.74, 6) is -0.146. The first kappa shape index (κ1) is 8.73. The molecule has 0 atom stereocenters. The van der Waals surface area contributed by atoms with Crippen LogP contribution in [0.25, 0.3) is 0 Å². The predicted molar refractivity (Wildman–Crippen MR) is 41.5 cm³/mol. The number of carbonyl (C=O) groups is 1. The lowest BCUT2D eigenvalue weighted by Gasteiger charge is -1.98. The molecule has 0 aromatic carbocycles. The number of anilines is 1. The molecule has 1 amide bonds. The van der Waals surface area contributed by atoms with Gasteiger partial charge >= 0.3 is 0 Å². The Labute approximate surface area is 69.4 Å². The summed E-state index contributed by atoms with van der Waals surface area (Å²) in [5.41, 5.74) is 0.540. The second-order valence-corrected chi connectivity index (χ2v) is 2.29. The number of nitrogens with one attached hydrogen (secondary N) is 1. The van der Waals surface area contributed by atoms with Crippen molar-refractivity contribution in [2.24, 2.45) is 0 Å². The van der Waals surface area contributed by atoms with Gasteiger partial charge in [0.15, 0.2) is 0 Å². The molecule has 1 heterocycles. The minimum absolute atomic E-state index is 0.0249. The van der Waals surface area contributed by atoms with E-state index in [1.54, 1.807) is 0 Å². The van der Waals surface area contributed by atoms with Gasteiger partial charge in [-0.25, -0.2) is 0 Å². The Morgan fingerprint density at radius 3 is 3.17 bits per heavy atom. The summed E-state index contributed by atoms with van der Waals surface area (Å²) >= 11 is 0. The Morgan fingerprint density at radius 1 is 1.75 bits per heavy atom. The molecule has 1 aromatic heterocycles. The van der Waals surface area contributed by atoms with Gasteiger partial charge in [0.25, 0.3) is 0 Å². The largest absolute Gasteiger partial charge is 0.396 e. The molecule has 0 bridgehead atoms. The van der Waals surface area contributed by atoms with Gasteiger partial charge in [-0.05, 0) is 6.42 Å². The van der Waals surface area contributed by atoms with E-state index in [0.717, 1.165) is 0 Å². The molecule has 0 aliphatic rings. The number of nitrogens with zero attached hydrogens (tertiary/aromatic N) is 1. The van der Waals surface area contributed by atoms with Crippen molar-refractivity contribution in [3.05, 3.63) is 12.5 Å². The van der Waals surface area contributed by atoms with Crippen LogP contribution in [0.5, 0.6) is 0 Å². The lowest BCUT2D eigenvalue weighted by atomic mass is 10.3. The van der Waals surface area contributed by atoms with Crippen LogP contribution in [0.2, 0.25) is 0 Å². The van der Waals surface area contributed by atoms with E-state index in [0.29, 0.717) is 18.5 Å². The van der Waals surface area contributed by atoms with Crippen molar-refractivity contribution < 1.29 is 14.4 Å². The SMILES string of the molecule is O=C(CCCO)Nc1cnoc1. The second kappa shape index (κ2) is 4.50. The maximum atomic E-state index is 11.0. The lowest BCUT2D eigenvalue weighted by molar-refractivity contribution is -0.116. The van der Waals surface area contributed by atoms with E-state index in [4.69, 9.17) is 5.11 Å². The first-order chi connectivity index (χ1) is 5.83. The van der Waals surface area contributed by atoms with Gasteiger partial charge in [-0.3, -0.25) is 4.79 Å². The third-order valence-corrected chi connectivity index (χ3v) is 1.28. The fourth-order valence-corrected chi connectivity index (χ4v) is 0.730. The molecular weight excluding hydrogens is 160 g/mol. The lowest BCUT2D eigenvalue weighted by Crippen LogP contribution is -2.10. The monoisotopic (exact) mass is 170 g/mol. The van der Waals surface area contributed by atoms with Gasteiger partial charge in [0.05, 0.1) is 6.20 Å². The average Bonchev–Trinajstić information content (AvgIpc) is 2.53. The summed E-state index contributed by atoms with van der Waals surface area (Å²) in [6.07, 6.45) is 3.53. The predicted octanol–water partition coefficient (Wildman–Crippen LogP) is 0.386. The Hall–Kier alpha value is -1.36. The number of hydrogen-bond acceptors (Lipinski definition) is 4. The van der Waals surface area contributed by atoms with Gasteiger partial charge in [-0.1, -0.05) is 5.16 Å². The Balaban J connectivity index is 2.27. The van der Waals surface area contributed by atoms with Crippen LogP contribution in [-0.4, -0.2) is 22.8 Å². The van der Waals surface area contributed by atoms with E-state index in [1.807, 2.05) is 0 Å². The van der Waals surface area contributed by atoms with Crippen molar-refractivity contribution in [3.8, 4) is 0 Å². The molecule has 2 N–H and O–H groups in total. The van der Waals surface area contributed by atoms with E-state index >= 15 is 0 Å². The first-order valence-corrected chi connectivity index (χ1v) is 3.63. The number of aliphatic hydroxyl groups is 1. The molecular formula is C7H10N2O3. The highest BCUT2D eigenvalue weighted by Crippen LogP contribution is 2.04. The number of hydrogen-bond donors (Lipinski definition) is 2. The molecule has 0 aliphatic heterocycles. The standard InChI is InChI=1S/C7H10N2O3/c10-3-1-2-7(11)9-6-4-8-12-5-6/h4-5,10H,1-3H2,(H,9,11). The van der Waals surface area contributed by atoms with Crippen LogP contribution in [0.1, 0.15) is 12.8 Å². The number of amides is 1. The third-order valence-electron chi connectivity index (χ3n) is 1.28. The highest BCUT2D eigenvalue weighted by atomic mass is 16.5. The summed E-state index contributed by atoms with van der Waals surface area (Å²) in [7, 11) is 0. The van der Waals surface area contributed by atoms with Gasteiger partial charge in [0, 0.05) is 13.0 Å². The zero-order chi connectivity index (χ0) is 8.81. The van der Waals surface area contributed by atoms with Crippen molar-refractivity contribution in [2.75, 3.05) is 11.9 Å². The van der Waals surface area contributed by atoms with E-state index in [9.17, 15) is 4.79 Å². The van der Waals surface area contributed by atoms with Gasteiger partial charge < -0.3 is 14.9 Å². The molecule has 0 aliphatic carbocycles. The quantitative estimate of drug-likeness (QED) is 0.685. The van der Waals surface area contributed by atoms with E-state index in [1.165, 1.54) is 12.5 Å². The molecule has 12 heavy (non-hydrogen) atoms. The zero-order valence-electron chi connectivity index (χ0n) is 6.49. The summed E-state index contributed by atoms with van der Waals surface area (Å²) < 4.78 is 4.51. The number of aliphatic hydroxyl groups excluding tert-OH is 1. The normalized spacial score (nSPS) is 9.75. The average molecular weight is 170 g/mol. The van der Waals surface area contributed by atoms with E-state index in [-0.39, 0.29) is 12.5 Å². The van der Waals surface area contributed by atoms with Gasteiger partial charge in [0.2, 0.25) is 5.91 Å². The van der Waals surface area contributed by atoms with Gasteiger partial charge in [-0.15, -0.1) is 0 Å². The minimum atomic E-state index is -0.146. The summed E-state index contributed by atoms with van der Waals surface area (Å²) in [6.45, 7) is 0.0249. The Bertz CT molecular complexity index is 233. The van der Waals surface area contributed by atoms with Crippen molar-refractivity contribution in [3.63, 3.8) is 0 Å². The highest BCUT2D eigenvalue weighted by molar-refractivity contribution is 5.90. The van der Waals surface area contributed by atoms with Gasteiger partial charge in [0.1, 0.15) is 12.0 Å². The van der Waals surface area contributed by atoms with Crippen LogP contribution in [-0.2, 0) is 4.79 Å². The molecule has 1 rings (SSSR count). The molecule has 66 valence electrons. The second-order valence-electron chi connectivity index (χ2n) is 2.29. The molecule has 5 heteroatoms. The molecule has 0 saturated heterocycles. The minimum Gasteiger partial charge on any atom is -0.396 e. The highest BCUT2D eigenvalue weighted by Gasteiger charge is 2.02. The van der Waals surface area contributed by atoms with Crippen LogP contribution in [0.4, 0.5) is 5.69 Å². The number of carbonyl (C=O) groups excluding carboxylic acids is 1. The topological polar surface area (TPSA) is 75.4 Å². The fraction of sp³-hybridized carbons (Fsp3) is 0.429. The van der Waals surface area contributed by atoms with Crippen molar-refractivity contribution in [1.29, 1.82) is 0 Å². The maximum Gasteiger partial charge on any atom is 0.224 e. The van der Waals surface area contributed by atoms with Crippen LogP contribution < -0.4 is 5.32 Å². The molecule has 0 radical (unpaired) electrons. The van der Waals surface area contributed by atoms with Crippen molar-refractivity contribution in [1.82, 2.24) is 5.16 Å². The van der Waals surface area contributed by atoms with Gasteiger partial charge in [-0.2, -0.15) is 0 Å². The number of rotatable bonds is 4. The Morgan fingerprint density at radius 2 is 2.58 bits per heavy atom. The smallest absolute Gasteiger partial charge is 0.224 e. The van der Waals surface area contributed by atoms with Crippen LogP contribution in [0, 0.1) is 0 Å². The summed E-state index contributed by atoms with van der Waals surface area (Å²) in [4.78, 5) is 11.0. The fourth-order valence-electron chi connectivity index (χ4n) is 0.730. The maximum absolute atomic E-state index is 11.0. The molecule has 0 saturated carbocycles. The summed E-state index contributed by atoms with van der Waals surface area (Å²) in [5, 5.41) is 14.4. The van der Waals surface area contributed by atoms with E-state index in [2.05, 4.69) is 15.0 Å². The van der Waals surface area contributed by atoms with Crippen molar-refractivity contribution >= 4 is 11.6 Å². The molecule has 0 unspecified atom stereocenters. The van der Waals surface area contributed by atoms with E-state index < -0.39 is 0 Å². The molecule has 5 nitrogen and oxygen atoms in total. The zero-order valence-corrected chi connectivity index (χ0v) is 6.49. The summed E-state index contributed by atoms with van der Waals surface area (Å²) in [6, 6.07) is 0. The van der Waals surface area contributed by atoms with Crippen LogP contribution >= 0.6 is 0 Å². The molecule has 0 fully saturated rings. The molecule has 1 aromatic rings. The molecule has 0 spiro atoms.